The average Bonchev–Trinajstić information content (AvgIpc) is 3.03. The van der Waals surface area contributed by atoms with E-state index in [9.17, 15) is 0 Å². The van der Waals surface area contributed by atoms with Crippen LogP contribution in [0.2, 0.25) is 0 Å². The molecule has 0 amide bonds. The Morgan fingerprint density at radius 3 is 2.68 bits per heavy atom. The van der Waals surface area contributed by atoms with Gasteiger partial charge in [-0.1, -0.05) is 0 Å². The Labute approximate surface area is 122 Å². The zero-order chi connectivity index (χ0) is 12.4. The van der Waals surface area contributed by atoms with Gasteiger partial charge in [0, 0.05) is 25.8 Å². The number of halogens is 1. The van der Waals surface area contributed by atoms with Crippen LogP contribution in [0.3, 0.4) is 0 Å². The van der Waals surface area contributed by atoms with Gasteiger partial charge in [0.05, 0.1) is 12.0 Å². The fourth-order valence-electron chi connectivity index (χ4n) is 3.39. The molecule has 0 spiro atoms. The van der Waals surface area contributed by atoms with Crippen LogP contribution in [0, 0.1) is 5.92 Å². The number of piperidine rings is 1. The Morgan fingerprint density at radius 1 is 1.32 bits per heavy atom. The smallest absolute Gasteiger partial charge is 0.0945 e. The van der Waals surface area contributed by atoms with Gasteiger partial charge >= 0.3 is 0 Å². The van der Waals surface area contributed by atoms with E-state index in [0.717, 1.165) is 18.5 Å². The molecule has 19 heavy (non-hydrogen) atoms. The summed E-state index contributed by atoms with van der Waals surface area (Å²) in [5.74, 6) is 0.912. The number of imidazole rings is 1. The maximum absolute atomic E-state index is 4.19. The standard InChI is InChI=1S/C14H24N4.ClH/c1-17-11-15-9-13(17)10-18-7-4-12(5-8-18)14-3-2-6-16-14;/h9,11-12,14,16H,2-8,10H2,1H3;1H. The molecule has 3 heterocycles. The molecule has 0 aromatic carbocycles. The first-order valence-corrected chi connectivity index (χ1v) is 7.24. The third-order valence-electron chi connectivity index (χ3n) is 4.60. The number of hydrogen-bond donors (Lipinski definition) is 1. The number of aromatic nitrogens is 2. The second kappa shape index (κ2) is 6.73. The molecule has 4 nitrogen and oxygen atoms in total. The highest BCUT2D eigenvalue weighted by Gasteiger charge is 2.28. The summed E-state index contributed by atoms with van der Waals surface area (Å²) >= 11 is 0. The fourth-order valence-corrected chi connectivity index (χ4v) is 3.39. The number of rotatable bonds is 3. The molecule has 1 N–H and O–H groups in total. The molecule has 108 valence electrons. The van der Waals surface area contributed by atoms with E-state index in [2.05, 4.69) is 26.8 Å². The summed E-state index contributed by atoms with van der Waals surface area (Å²) < 4.78 is 2.13. The summed E-state index contributed by atoms with van der Waals surface area (Å²) in [5.41, 5.74) is 1.33. The van der Waals surface area contributed by atoms with Gasteiger partial charge in [0.15, 0.2) is 0 Å². The molecule has 2 aliphatic heterocycles. The van der Waals surface area contributed by atoms with Gasteiger partial charge in [0.2, 0.25) is 0 Å². The molecule has 0 saturated carbocycles. The first-order chi connectivity index (χ1) is 8.83. The van der Waals surface area contributed by atoms with Gasteiger partial charge in [-0.25, -0.2) is 4.98 Å². The molecule has 3 rings (SSSR count). The largest absolute Gasteiger partial charge is 0.337 e. The third kappa shape index (κ3) is 3.50. The van der Waals surface area contributed by atoms with E-state index in [0.29, 0.717) is 0 Å². The molecule has 1 atom stereocenters. The predicted molar refractivity (Wildman–Crippen MR) is 79.5 cm³/mol. The maximum Gasteiger partial charge on any atom is 0.0945 e. The number of likely N-dealkylation sites (tertiary alicyclic amines) is 1. The quantitative estimate of drug-likeness (QED) is 0.919. The van der Waals surface area contributed by atoms with Crippen molar-refractivity contribution in [3.63, 3.8) is 0 Å². The van der Waals surface area contributed by atoms with Crippen molar-refractivity contribution in [3.05, 3.63) is 18.2 Å². The highest BCUT2D eigenvalue weighted by Crippen LogP contribution is 2.26. The van der Waals surface area contributed by atoms with Crippen LogP contribution in [0.5, 0.6) is 0 Å². The summed E-state index contributed by atoms with van der Waals surface area (Å²) in [6.07, 6.45) is 9.37. The molecular weight excluding hydrogens is 260 g/mol. The highest BCUT2D eigenvalue weighted by atomic mass is 35.5. The lowest BCUT2D eigenvalue weighted by Gasteiger charge is -2.34. The Kier molecular flexibility index (Phi) is 5.25. The molecule has 1 aromatic rings. The minimum Gasteiger partial charge on any atom is -0.337 e. The summed E-state index contributed by atoms with van der Waals surface area (Å²) in [7, 11) is 2.08. The van der Waals surface area contributed by atoms with Gasteiger partial charge in [-0.05, 0) is 51.2 Å². The predicted octanol–water partition coefficient (Wildman–Crippen LogP) is 1.81. The fraction of sp³-hybridized carbons (Fsp3) is 0.786. The molecule has 2 saturated heterocycles. The third-order valence-corrected chi connectivity index (χ3v) is 4.60. The van der Waals surface area contributed by atoms with Crippen LogP contribution in [0.25, 0.3) is 0 Å². The average molecular weight is 285 g/mol. The van der Waals surface area contributed by atoms with E-state index in [1.165, 1.54) is 51.0 Å². The lowest BCUT2D eigenvalue weighted by atomic mass is 9.88. The second-order valence-corrected chi connectivity index (χ2v) is 5.81. The molecule has 2 fully saturated rings. The highest BCUT2D eigenvalue weighted by molar-refractivity contribution is 5.85. The zero-order valence-electron chi connectivity index (χ0n) is 11.7. The number of nitrogens with one attached hydrogen (secondary N) is 1. The zero-order valence-corrected chi connectivity index (χ0v) is 12.5. The van der Waals surface area contributed by atoms with Crippen molar-refractivity contribution in [1.29, 1.82) is 0 Å². The van der Waals surface area contributed by atoms with Crippen molar-refractivity contribution in [2.45, 2.75) is 38.3 Å². The molecule has 0 bridgehead atoms. The summed E-state index contributed by atoms with van der Waals surface area (Å²) in [5, 5.41) is 3.66. The minimum atomic E-state index is 0. The molecule has 5 heteroatoms. The van der Waals surface area contributed by atoms with E-state index >= 15 is 0 Å². The van der Waals surface area contributed by atoms with Crippen molar-refractivity contribution < 1.29 is 0 Å². The molecule has 2 aliphatic rings. The van der Waals surface area contributed by atoms with Crippen molar-refractivity contribution in [2.24, 2.45) is 13.0 Å². The van der Waals surface area contributed by atoms with Crippen LogP contribution < -0.4 is 5.32 Å². The monoisotopic (exact) mass is 284 g/mol. The number of hydrogen-bond acceptors (Lipinski definition) is 3. The van der Waals surface area contributed by atoms with Gasteiger partial charge in [-0.3, -0.25) is 4.90 Å². The van der Waals surface area contributed by atoms with Gasteiger partial charge < -0.3 is 9.88 Å². The lowest BCUT2D eigenvalue weighted by molar-refractivity contribution is 0.155. The lowest BCUT2D eigenvalue weighted by Crippen LogP contribution is -2.40. The maximum atomic E-state index is 4.19. The van der Waals surface area contributed by atoms with Gasteiger partial charge in [-0.2, -0.15) is 0 Å². The summed E-state index contributed by atoms with van der Waals surface area (Å²) in [6, 6.07) is 0.809. The van der Waals surface area contributed by atoms with Crippen LogP contribution in [0.4, 0.5) is 0 Å². The van der Waals surface area contributed by atoms with E-state index in [4.69, 9.17) is 0 Å². The van der Waals surface area contributed by atoms with Gasteiger partial charge in [0.1, 0.15) is 0 Å². The molecule has 1 unspecified atom stereocenters. The number of aryl methyl sites for hydroxylation is 1. The van der Waals surface area contributed by atoms with Crippen molar-refractivity contribution >= 4 is 12.4 Å². The molecule has 0 aliphatic carbocycles. The Bertz CT molecular complexity index is 379. The van der Waals surface area contributed by atoms with E-state index in [-0.39, 0.29) is 12.4 Å². The van der Waals surface area contributed by atoms with E-state index in [1.54, 1.807) is 0 Å². The Hall–Kier alpha value is -0.580. The minimum absolute atomic E-state index is 0. The van der Waals surface area contributed by atoms with Crippen LogP contribution in [0.1, 0.15) is 31.4 Å². The van der Waals surface area contributed by atoms with Gasteiger partial charge in [0.25, 0.3) is 0 Å². The van der Waals surface area contributed by atoms with E-state index < -0.39 is 0 Å². The van der Waals surface area contributed by atoms with Crippen LogP contribution >= 0.6 is 12.4 Å². The van der Waals surface area contributed by atoms with Crippen LogP contribution in [-0.2, 0) is 13.6 Å². The van der Waals surface area contributed by atoms with Crippen LogP contribution in [0.15, 0.2) is 12.5 Å². The van der Waals surface area contributed by atoms with Crippen LogP contribution in [-0.4, -0.2) is 40.1 Å². The first kappa shape index (κ1) is 14.8. The van der Waals surface area contributed by atoms with Crippen molar-refractivity contribution in [2.75, 3.05) is 19.6 Å². The molecule has 0 radical (unpaired) electrons. The molecular formula is C14H25ClN4. The Morgan fingerprint density at radius 2 is 2.11 bits per heavy atom. The summed E-state index contributed by atoms with van der Waals surface area (Å²) in [6.45, 7) is 4.78. The van der Waals surface area contributed by atoms with Crippen molar-refractivity contribution in [3.8, 4) is 0 Å². The first-order valence-electron chi connectivity index (χ1n) is 7.24. The van der Waals surface area contributed by atoms with Gasteiger partial charge in [-0.15, -0.1) is 12.4 Å². The summed E-state index contributed by atoms with van der Waals surface area (Å²) in [4.78, 5) is 6.76. The van der Waals surface area contributed by atoms with E-state index in [1.807, 2.05) is 12.5 Å². The van der Waals surface area contributed by atoms with Crippen molar-refractivity contribution in [1.82, 2.24) is 19.8 Å². The molecule has 1 aromatic heterocycles. The Balaban J connectivity index is 0.00000133. The number of nitrogens with zero attached hydrogens (tertiary/aromatic N) is 3. The SMILES string of the molecule is Cl.Cn1cncc1CN1CCC(C2CCCN2)CC1. The second-order valence-electron chi connectivity index (χ2n) is 5.81. The topological polar surface area (TPSA) is 33.1 Å². The normalized spacial score (nSPS) is 25.4.